The van der Waals surface area contributed by atoms with Gasteiger partial charge in [0.15, 0.2) is 28.8 Å². The Morgan fingerprint density at radius 3 is 2.10 bits per heavy atom. The summed E-state index contributed by atoms with van der Waals surface area (Å²) in [6.07, 6.45) is 4.59. The number of aromatic amines is 1. The van der Waals surface area contributed by atoms with E-state index < -0.39 is 5.54 Å². The van der Waals surface area contributed by atoms with Gasteiger partial charge in [-0.1, -0.05) is 30.3 Å². The van der Waals surface area contributed by atoms with Crippen molar-refractivity contribution in [2.45, 2.75) is 12.0 Å². The van der Waals surface area contributed by atoms with E-state index in [9.17, 15) is 0 Å². The molecular weight excluding hydrogens is 492 g/mol. The first-order valence-corrected chi connectivity index (χ1v) is 12.8. The smallest absolute Gasteiger partial charge is 0.161 e. The molecule has 0 radical (unpaired) electrons. The SMILES string of the molecule is COc1ccc(-c2cnc(C3(c4ccc(OC)c(OC)c4)NCCc4c3[nH]c3ccccc43)nc2)cc1OC. The summed E-state index contributed by atoms with van der Waals surface area (Å²) < 4.78 is 22.1. The van der Waals surface area contributed by atoms with Crippen LogP contribution in [0, 0.1) is 0 Å². The van der Waals surface area contributed by atoms with E-state index in [-0.39, 0.29) is 0 Å². The van der Waals surface area contributed by atoms with Crippen LogP contribution in [-0.4, -0.2) is 49.9 Å². The van der Waals surface area contributed by atoms with Crippen LogP contribution < -0.4 is 24.3 Å². The lowest BCUT2D eigenvalue weighted by molar-refractivity contribution is 0.351. The molecule has 1 aliphatic rings. The number of rotatable bonds is 7. The zero-order valence-electron chi connectivity index (χ0n) is 22.4. The lowest BCUT2D eigenvalue weighted by atomic mass is 9.80. The number of methoxy groups -OCH3 is 4. The van der Waals surface area contributed by atoms with Gasteiger partial charge in [-0.15, -0.1) is 0 Å². The number of hydrogen-bond donors (Lipinski definition) is 2. The molecule has 0 fully saturated rings. The Kier molecular flexibility index (Phi) is 6.32. The van der Waals surface area contributed by atoms with Gasteiger partial charge in [0.1, 0.15) is 5.54 Å². The standard InChI is InChI=1S/C31H30N4O4/c1-36-25-11-9-19(15-27(25)38-3)20-17-32-30(33-18-20)31(21-10-12-26(37-2)28(16-21)39-4)29-23(13-14-34-31)22-7-5-6-8-24(22)35-29/h5-12,15-18,34-35H,13-14H2,1-4H3. The number of ether oxygens (including phenoxy) is 4. The number of para-hydroxylation sites is 1. The molecule has 3 aromatic carbocycles. The third kappa shape index (κ3) is 3.95. The Morgan fingerprint density at radius 2 is 1.38 bits per heavy atom. The minimum atomic E-state index is -0.831. The molecule has 0 saturated heterocycles. The minimum Gasteiger partial charge on any atom is -0.493 e. The molecule has 8 heteroatoms. The van der Waals surface area contributed by atoms with Crippen molar-refractivity contribution in [3.05, 3.63) is 95.7 Å². The summed E-state index contributed by atoms with van der Waals surface area (Å²) in [7, 11) is 6.53. The summed E-state index contributed by atoms with van der Waals surface area (Å²) in [5.41, 5.74) is 5.29. The highest BCUT2D eigenvalue weighted by molar-refractivity contribution is 5.86. The van der Waals surface area contributed by atoms with Gasteiger partial charge in [-0.2, -0.15) is 0 Å². The van der Waals surface area contributed by atoms with E-state index in [4.69, 9.17) is 28.9 Å². The summed E-state index contributed by atoms with van der Waals surface area (Å²) in [6.45, 7) is 0.754. The largest absolute Gasteiger partial charge is 0.493 e. The summed E-state index contributed by atoms with van der Waals surface area (Å²) in [6, 6.07) is 20.1. The van der Waals surface area contributed by atoms with E-state index >= 15 is 0 Å². The number of benzene rings is 3. The van der Waals surface area contributed by atoms with Crippen LogP contribution in [-0.2, 0) is 12.0 Å². The van der Waals surface area contributed by atoms with Crippen molar-refractivity contribution < 1.29 is 18.9 Å². The first-order valence-electron chi connectivity index (χ1n) is 12.8. The lowest BCUT2D eigenvalue weighted by Gasteiger charge is -2.38. The number of H-pyrrole nitrogens is 1. The highest BCUT2D eigenvalue weighted by Crippen LogP contribution is 2.44. The van der Waals surface area contributed by atoms with Gasteiger partial charge in [-0.05, 0) is 53.4 Å². The second kappa shape index (κ2) is 9.96. The Bertz CT molecular complexity index is 1650. The van der Waals surface area contributed by atoms with Gasteiger partial charge in [-0.3, -0.25) is 5.32 Å². The molecule has 6 rings (SSSR count). The van der Waals surface area contributed by atoms with Crippen molar-refractivity contribution in [1.82, 2.24) is 20.3 Å². The van der Waals surface area contributed by atoms with Gasteiger partial charge >= 0.3 is 0 Å². The third-order valence-corrected chi connectivity index (χ3v) is 7.47. The van der Waals surface area contributed by atoms with E-state index in [1.807, 2.05) is 54.9 Å². The molecule has 8 nitrogen and oxygen atoms in total. The summed E-state index contributed by atoms with van der Waals surface area (Å²) >= 11 is 0. The Balaban J connectivity index is 1.54. The molecule has 2 aromatic heterocycles. The van der Waals surface area contributed by atoms with Crippen molar-refractivity contribution >= 4 is 10.9 Å². The van der Waals surface area contributed by atoms with E-state index in [0.717, 1.165) is 40.9 Å². The van der Waals surface area contributed by atoms with E-state index in [0.29, 0.717) is 28.8 Å². The first kappa shape index (κ1) is 24.8. The fourth-order valence-corrected chi connectivity index (χ4v) is 5.57. The zero-order chi connectivity index (χ0) is 27.0. The summed E-state index contributed by atoms with van der Waals surface area (Å²) in [4.78, 5) is 13.6. The average Bonchev–Trinajstić information content (AvgIpc) is 3.39. The van der Waals surface area contributed by atoms with Crippen LogP contribution >= 0.6 is 0 Å². The van der Waals surface area contributed by atoms with Gasteiger partial charge in [0.05, 0.1) is 34.1 Å². The topological polar surface area (TPSA) is 90.5 Å². The number of aromatic nitrogens is 3. The highest BCUT2D eigenvalue weighted by atomic mass is 16.5. The van der Waals surface area contributed by atoms with Crippen LogP contribution in [0.2, 0.25) is 0 Å². The Hall–Kier alpha value is -4.56. The summed E-state index contributed by atoms with van der Waals surface area (Å²) in [5.74, 6) is 3.25. The zero-order valence-corrected chi connectivity index (χ0v) is 22.4. The maximum Gasteiger partial charge on any atom is 0.161 e. The molecular formula is C31H30N4O4. The highest BCUT2D eigenvalue weighted by Gasteiger charge is 2.45. The Morgan fingerprint density at radius 1 is 0.718 bits per heavy atom. The molecule has 0 amide bonds. The normalized spacial score (nSPS) is 16.5. The number of nitrogens with zero attached hydrogens (tertiary/aromatic N) is 2. The molecule has 0 spiro atoms. The third-order valence-electron chi connectivity index (χ3n) is 7.47. The quantitative estimate of drug-likeness (QED) is 0.307. The van der Waals surface area contributed by atoms with Gasteiger partial charge in [0.25, 0.3) is 0 Å². The van der Waals surface area contributed by atoms with Gasteiger partial charge in [0, 0.05) is 35.4 Å². The van der Waals surface area contributed by atoms with Crippen LogP contribution in [0.3, 0.4) is 0 Å². The van der Waals surface area contributed by atoms with Crippen LogP contribution in [0.4, 0.5) is 0 Å². The molecule has 0 bridgehead atoms. The molecule has 3 heterocycles. The number of fused-ring (bicyclic) bond motifs is 3. The van der Waals surface area contributed by atoms with Crippen molar-refractivity contribution in [2.75, 3.05) is 35.0 Å². The van der Waals surface area contributed by atoms with E-state index in [1.54, 1.807) is 28.4 Å². The van der Waals surface area contributed by atoms with Gasteiger partial charge in [-0.25, -0.2) is 9.97 Å². The van der Waals surface area contributed by atoms with Crippen LogP contribution in [0.1, 0.15) is 22.6 Å². The average molecular weight is 523 g/mol. The molecule has 2 N–H and O–H groups in total. The maximum absolute atomic E-state index is 5.69. The molecule has 1 unspecified atom stereocenters. The maximum atomic E-state index is 5.69. The van der Waals surface area contributed by atoms with Crippen molar-refractivity contribution in [1.29, 1.82) is 0 Å². The van der Waals surface area contributed by atoms with Crippen molar-refractivity contribution in [2.24, 2.45) is 0 Å². The molecule has 1 aliphatic heterocycles. The molecule has 5 aromatic rings. The fraction of sp³-hybridized carbons (Fsp3) is 0.226. The first-order chi connectivity index (χ1) is 19.1. The predicted octanol–water partition coefficient (Wildman–Crippen LogP) is 5.10. The second-order valence-electron chi connectivity index (χ2n) is 9.39. The van der Waals surface area contributed by atoms with Crippen LogP contribution in [0.5, 0.6) is 23.0 Å². The second-order valence-corrected chi connectivity index (χ2v) is 9.39. The Labute approximate surface area is 226 Å². The minimum absolute atomic E-state index is 0.631. The van der Waals surface area contributed by atoms with Crippen LogP contribution in [0.15, 0.2) is 73.1 Å². The fourth-order valence-electron chi connectivity index (χ4n) is 5.57. The van der Waals surface area contributed by atoms with Gasteiger partial charge < -0.3 is 23.9 Å². The van der Waals surface area contributed by atoms with Crippen molar-refractivity contribution in [3.63, 3.8) is 0 Å². The van der Waals surface area contributed by atoms with Gasteiger partial charge in [0.2, 0.25) is 0 Å². The van der Waals surface area contributed by atoms with E-state index in [2.05, 4.69) is 28.5 Å². The summed E-state index contributed by atoms with van der Waals surface area (Å²) in [5, 5.41) is 4.98. The lowest BCUT2D eigenvalue weighted by Crippen LogP contribution is -2.50. The number of hydrogen-bond acceptors (Lipinski definition) is 7. The van der Waals surface area contributed by atoms with Crippen LogP contribution in [0.25, 0.3) is 22.0 Å². The molecule has 39 heavy (non-hydrogen) atoms. The van der Waals surface area contributed by atoms with Crippen molar-refractivity contribution in [3.8, 4) is 34.1 Å². The molecule has 198 valence electrons. The monoisotopic (exact) mass is 522 g/mol. The predicted molar refractivity (Wildman–Crippen MR) is 150 cm³/mol. The van der Waals surface area contributed by atoms with E-state index in [1.165, 1.54) is 10.9 Å². The molecule has 1 atom stereocenters. The molecule has 0 aliphatic carbocycles. The number of nitrogens with one attached hydrogen (secondary N) is 2. The molecule has 0 saturated carbocycles.